The Bertz CT molecular complexity index is 1110. The lowest BCUT2D eigenvalue weighted by Crippen LogP contribution is -2.43. The lowest BCUT2D eigenvalue weighted by molar-refractivity contribution is -0.127. The van der Waals surface area contributed by atoms with Crippen molar-refractivity contribution in [2.45, 2.75) is 31.1 Å². The Labute approximate surface area is 207 Å². The molecule has 0 saturated carbocycles. The van der Waals surface area contributed by atoms with Crippen molar-refractivity contribution in [2.24, 2.45) is 5.92 Å². The molecule has 3 aliphatic rings. The number of benzene rings is 2. The topological polar surface area (TPSA) is 43.9 Å². The lowest BCUT2D eigenvalue weighted by atomic mass is 9.74. The number of likely N-dealkylation sites (tertiary alicyclic amines) is 2. The van der Waals surface area contributed by atoms with E-state index in [1.807, 2.05) is 29.2 Å². The van der Waals surface area contributed by atoms with E-state index in [9.17, 15) is 9.59 Å². The first-order chi connectivity index (χ1) is 16.4. The Morgan fingerprint density at radius 3 is 2.68 bits per heavy atom. The summed E-state index contributed by atoms with van der Waals surface area (Å²) in [4.78, 5) is 31.4. The van der Waals surface area contributed by atoms with Crippen molar-refractivity contribution >= 4 is 35.2 Å². The van der Waals surface area contributed by atoms with Crippen LogP contribution < -0.4 is 4.90 Å². The second-order valence-corrected chi connectivity index (χ2v) is 10.4. The molecule has 1 atom stereocenters. The molecule has 0 radical (unpaired) electrons. The largest absolute Gasteiger partial charge is 0.345 e. The average molecular weight is 478 g/mol. The highest BCUT2D eigenvalue weighted by atomic mass is 35.5. The van der Waals surface area contributed by atoms with E-state index in [4.69, 9.17) is 11.6 Å². The van der Waals surface area contributed by atoms with Gasteiger partial charge in [-0.25, -0.2) is 0 Å². The normalized spacial score (nSPS) is 21.3. The Hall–Kier alpha value is -2.63. The van der Waals surface area contributed by atoms with Crippen molar-refractivity contribution in [1.29, 1.82) is 0 Å². The van der Waals surface area contributed by atoms with E-state index in [0.717, 1.165) is 44.6 Å². The number of nitrogens with zero attached hydrogens (tertiary/aromatic N) is 3. The summed E-state index contributed by atoms with van der Waals surface area (Å²) < 4.78 is 0. The summed E-state index contributed by atoms with van der Waals surface area (Å²) in [5, 5.41) is 0.612. The van der Waals surface area contributed by atoms with Gasteiger partial charge in [0.05, 0.1) is 5.92 Å². The molecule has 2 aliphatic heterocycles. The van der Waals surface area contributed by atoms with Crippen LogP contribution in [0.15, 0.2) is 54.6 Å². The first kappa shape index (κ1) is 23.1. The minimum atomic E-state index is -0.291. The van der Waals surface area contributed by atoms with Gasteiger partial charge < -0.3 is 14.7 Å². The average Bonchev–Trinajstić information content (AvgIpc) is 3.37. The maximum atomic E-state index is 13.4. The van der Waals surface area contributed by atoms with Crippen molar-refractivity contribution in [3.63, 3.8) is 0 Å². The Balaban J connectivity index is 1.20. The fourth-order valence-corrected chi connectivity index (χ4v) is 5.94. The van der Waals surface area contributed by atoms with Crippen molar-refractivity contribution in [3.05, 3.63) is 70.8 Å². The third kappa shape index (κ3) is 4.51. The van der Waals surface area contributed by atoms with Gasteiger partial charge in [-0.05, 0) is 68.2 Å². The van der Waals surface area contributed by atoms with Crippen molar-refractivity contribution in [2.75, 3.05) is 44.7 Å². The molecule has 1 spiro atoms. The van der Waals surface area contributed by atoms with E-state index in [-0.39, 0.29) is 29.6 Å². The van der Waals surface area contributed by atoms with E-state index in [2.05, 4.69) is 41.3 Å². The molecule has 2 heterocycles. The van der Waals surface area contributed by atoms with Crippen LogP contribution in [0, 0.1) is 5.92 Å². The molecule has 5 nitrogen and oxygen atoms in total. The number of rotatable bonds is 6. The van der Waals surface area contributed by atoms with Gasteiger partial charge in [-0.15, -0.1) is 0 Å². The molecule has 2 aromatic carbocycles. The molecule has 1 unspecified atom stereocenters. The lowest BCUT2D eigenvalue weighted by Gasteiger charge is -2.39. The molecule has 2 saturated heterocycles. The summed E-state index contributed by atoms with van der Waals surface area (Å²) in [6.07, 6.45) is 8.13. The first-order valence-electron chi connectivity index (χ1n) is 12.3. The summed E-state index contributed by atoms with van der Waals surface area (Å²) >= 11 is 6.24. The molecule has 0 bridgehead atoms. The van der Waals surface area contributed by atoms with Crippen LogP contribution in [0.2, 0.25) is 5.02 Å². The molecule has 2 fully saturated rings. The Morgan fingerprint density at radius 2 is 1.94 bits per heavy atom. The van der Waals surface area contributed by atoms with Crippen LogP contribution in [-0.2, 0) is 15.0 Å². The molecule has 5 rings (SSSR count). The van der Waals surface area contributed by atoms with Crippen LogP contribution in [0.3, 0.4) is 0 Å². The van der Waals surface area contributed by atoms with Crippen LogP contribution in [-0.4, -0.2) is 61.4 Å². The van der Waals surface area contributed by atoms with Gasteiger partial charge in [-0.1, -0.05) is 54.1 Å². The van der Waals surface area contributed by atoms with Crippen LogP contribution in [0.5, 0.6) is 0 Å². The predicted octanol–water partition coefficient (Wildman–Crippen LogP) is 4.60. The third-order valence-electron chi connectivity index (χ3n) is 7.76. The van der Waals surface area contributed by atoms with Crippen LogP contribution >= 0.6 is 11.6 Å². The van der Waals surface area contributed by atoms with Gasteiger partial charge in [0.15, 0.2) is 0 Å². The zero-order valence-electron chi connectivity index (χ0n) is 19.8. The molecule has 178 valence electrons. The Morgan fingerprint density at radius 1 is 1.15 bits per heavy atom. The van der Waals surface area contributed by atoms with E-state index in [1.165, 1.54) is 11.1 Å². The molecule has 2 aromatic rings. The summed E-state index contributed by atoms with van der Waals surface area (Å²) in [6.45, 7) is 4.18. The minimum Gasteiger partial charge on any atom is -0.345 e. The molecular weight excluding hydrogens is 446 g/mol. The number of anilines is 1. The molecule has 1 aliphatic carbocycles. The highest BCUT2D eigenvalue weighted by molar-refractivity contribution is 6.30. The predicted molar refractivity (Wildman–Crippen MR) is 137 cm³/mol. The van der Waals surface area contributed by atoms with E-state index in [1.54, 1.807) is 11.9 Å². The number of allylic oxidation sites excluding steroid dienone is 1. The molecule has 2 amide bonds. The zero-order valence-corrected chi connectivity index (χ0v) is 20.5. The maximum Gasteiger partial charge on any atom is 0.232 e. The standard InChI is InChI=1S/C28H32ClN3O2/c1-30-20-22(18-26(30)33)27(34)32(24-8-4-7-23(29)19-24)15-5-14-31-16-12-28(13-17-31)11-10-21-6-2-3-9-25(21)28/h2-4,6-11,19,22H,5,12-18,20H2,1H3. The van der Waals surface area contributed by atoms with Crippen LogP contribution in [0.4, 0.5) is 5.69 Å². The highest BCUT2D eigenvalue weighted by Gasteiger charge is 2.38. The molecule has 0 aromatic heterocycles. The van der Waals surface area contributed by atoms with Gasteiger partial charge >= 0.3 is 0 Å². The third-order valence-corrected chi connectivity index (χ3v) is 7.99. The number of carbonyl (C=O) groups excluding carboxylic acids is 2. The SMILES string of the molecule is CN1CC(C(=O)N(CCCN2CCC3(C=Cc4ccccc43)CC2)c2cccc(Cl)c2)CC1=O. The van der Waals surface area contributed by atoms with Gasteiger partial charge in [0.2, 0.25) is 11.8 Å². The van der Waals surface area contributed by atoms with E-state index < -0.39 is 0 Å². The fourth-order valence-electron chi connectivity index (χ4n) is 5.76. The summed E-state index contributed by atoms with van der Waals surface area (Å²) in [6, 6.07) is 16.2. The number of hydrogen-bond donors (Lipinski definition) is 0. The van der Waals surface area contributed by atoms with Crippen molar-refractivity contribution in [1.82, 2.24) is 9.80 Å². The fraction of sp³-hybridized carbons (Fsp3) is 0.429. The summed E-state index contributed by atoms with van der Waals surface area (Å²) in [5.74, 6) is -0.236. The number of amides is 2. The molecule has 6 heteroatoms. The number of fused-ring (bicyclic) bond motifs is 2. The van der Waals surface area contributed by atoms with Crippen molar-refractivity contribution < 1.29 is 9.59 Å². The van der Waals surface area contributed by atoms with Gasteiger partial charge in [0.25, 0.3) is 0 Å². The summed E-state index contributed by atoms with van der Waals surface area (Å²) in [7, 11) is 1.76. The number of carbonyl (C=O) groups is 2. The second-order valence-electron chi connectivity index (χ2n) is 9.92. The maximum absolute atomic E-state index is 13.4. The van der Waals surface area contributed by atoms with Gasteiger partial charge in [-0.3, -0.25) is 9.59 Å². The highest BCUT2D eigenvalue weighted by Crippen LogP contribution is 2.43. The quantitative estimate of drug-likeness (QED) is 0.610. The number of piperidine rings is 1. The van der Waals surface area contributed by atoms with Gasteiger partial charge in [0, 0.05) is 42.7 Å². The van der Waals surface area contributed by atoms with Gasteiger partial charge in [-0.2, -0.15) is 0 Å². The summed E-state index contributed by atoms with van der Waals surface area (Å²) in [5.41, 5.74) is 3.84. The van der Waals surface area contributed by atoms with E-state index >= 15 is 0 Å². The zero-order chi connectivity index (χ0) is 23.7. The minimum absolute atomic E-state index is 0.0188. The number of halogens is 1. The van der Waals surface area contributed by atoms with Crippen molar-refractivity contribution in [3.8, 4) is 0 Å². The molecule has 34 heavy (non-hydrogen) atoms. The van der Waals surface area contributed by atoms with Gasteiger partial charge in [0.1, 0.15) is 0 Å². The van der Waals surface area contributed by atoms with Crippen LogP contribution in [0.25, 0.3) is 6.08 Å². The van der Waals surface area contributed by atoms with E-state index in [0.29, 0.717) is 18.1 Å². The van der Waals surface area contributed by atoms with Crippen LogP contribution in [0.1, 0.15) is 36.8 Å². The number of hydrogen-bond acceptors (Lipinski definition) is 3. The monoisotopic (exact) mass is 477 g/mol. The molecule has 0 N–H and O–H groups in total. The smallest absolute Gasteiger partial charge is 0.232 e. The second kappa shape index (κ2) is 9.55. The first-order valence-corrected chi connectivity index (χ1v) is 12.6. The Kier molecular flexibility index (Phi) is 6.50. The molecular formula is C28H32ClN3O2.